The number of carbonyl (C=O) groups excluding carboxylic acids is 1. The highest BCUT2D eigenvalue weighted by Crippen LogP contribution is 2.35. The normalized spacial score (nSPS) is 23.1. The van der Waals surface area contributed by atoms with Crippen LogP contribution < -0.4 is 5.32 Å². The molecule has 1 aromatic rings. The summed E-state index contributed by atoms with van der Waals surface area (Å²) in [6.07, 6.45) is 6.74. The van der Waals surface area contributed by atoms with E-state index in [1.807, 2.05) is 5.55 Å². The first-order chi connectivity index (χ1) is 9.81. The summed E-state index contributed by atoms with van der Waals surface area (Å²) >= 11 is 3.18. The fourth-order valence-electron chi connectivity index (χ4n) is 2.62. The summed E-state index contributed by atoms with van der Waals surface area (Å²) in [6.45, 7) is 0. The fourth-order valence-corrected chi connectivity index (χ4v) is 4.32. The van der Waals surface area contributed by atoms with E-state index in [-0.39, 0.29) is 11.9 Å². The van der Waals surface area contributed by atoms with Gasteiger partial charge in [0.15, 0.2) is 0 Å². The first-order valence-corrected chi connectivity index (χ1v) is 8.94. The van der Waals surface area contributed by atoms with Gasteiger partial charge in [-0.3, -0.25) is 9.79 Å². The van der Waals surface area contributed by atoms with Gasteiger partial charge in [-0.15, -0.1) is 22.0 Å². The van der Waals surface area contributed by atoms with Gasteiger partial charge >= 0.3 is 0 Å². The van der Waals surface area contributed by atoms with Crippen molar-refractivity contribution in [3.8, 4) is 0 Å². The van der Waals surface area contributed by atoms with E-state index in [1.54, 1.807) is 11.8 Å². The van der Waals surface area contributed by atoms with Crippen LogP contribution in [0.1, 0.15) is 49.5 Å². The van der Waals surface area contributed by atoms with Crippen molar-refractivity contribution in [1.82, 2.24) is 10.2 Å². The van der Waals surface area contributed by atoms with Gasteiger partial charge in [-0.1, -0.05) is 30.6 Å². The lowest BCUT2D eigenvalue weighted by molar-refractivity contribution is -0.116. The predicted octanol–water partition coefficient (Wildman–Crippen LogP) is 3.06. The molecular weight excluding hydrogens is 292 g/mol. The van der Waals surface area contributed by atoms with Crippen LogP contribution in [0.3, 0.4) is 0 Å². The maximum absolute atomic E-state index is 11.9. The Hall–Kier alpha value is -0.950. The minimum atomic E-state index is -0.0130. The summed E-state index contributed by atoms with van der Waals surface area (Å²) in [5.74, 6) is 1.43. The molecule has 2 heterocycles. The number of anilines is 1. The van der Waals surface area contributed by atoms with Crippen LogP contribution >= 0.6 is 23.1 Å². The number of nitrogens with zero attached hydrogens (tertiary/aromatic N) is 3. The third-order valence-corrected chi connectivity index (χ3v) is 5.55. The van der Waals surface area contributed by atoms with Crippen molar-refractivity contribution in [2.75, 3.05) is 11.1 Å². The maximum atomic E-state index is 11.9. The van der Waals surface area contributed by atoms with Crippen molar-refractivity contribution in [1.29, 1.82) is 0 Å². The van der Waals surface area contributed by atoms with Gasteiger partial charge in [0.1, 0.15) is 5.01 Å². The molecule has 1 aromatic heterocycles. The standard InChI is InChI=1S/C13H18N4OS2/c18-11(6-10-7-19-8-14-10)15-13-17-16-12(20-13)9-4-2-1-3-5-9/h8-10H,1-7H2,(H,15,17,18). The van der Waals surface area contributed by atoms with E-state index in [4.69, 9.17) is 0 Å². The molecule has 3 rings (SSSR count). The smallest absolute Gasteiger partial charge is 0.228 e. The molecule has 1 amide bonds. The molecule has 0 radical (unpaired) electrons. The lowest BCUT2D eigenvalue weighted by atomic mass is 9.90. The molecule has 1 aliphatic carbocycles. The number of amides is 1. The zero-order valence-corrected chi connectivity index (χ0v) is 12.9. The number of nitrogens with one attached hydrogen (secondary N) is 1. The lowest BCUT2D eigenvalue weighted by Crippen LogP contribution is -2.18. The molecule has 5 nitrogen and oxygen atoms in total. The summed E-state index contributed by atoms with van der Waals surface area (Å²) in [4.78, 5) is 16.1. The average Bonchev–Trinajstić information content (AvgIpc) is 3.11. The van der Waals surface area contributed by atoms with Gasteiger partial charge in [-0.2, -0.15) is 0 Å². The average molecular weight is 310 g/mol. The molecule has 0 spiro atoms. The number of rotatable bonds is 4. The van der Waals surface area contributed by atoms with Crippen molar-refractivity contribution in [2.24, 2.45) is 4.99 Å². The van der Waals surface area contributed by atoms with Crippen LogP contribution in [-0.4, -0.2) is 33.4 Å². The van der Waals surface area contributed by atoms with Crippen LogP contribution in [0.4, 0.5) is 5.13 Å². The monoisotopic (exact) mass is 310 g/mol. The van der Waals surface area contributed by atoms with Crippen LogP contribution in [0.15, 0.2) is 4.99 Å². The number of aromatic nitrogens is 2. The van der Waals surface area contributed by atoms with Gasteiger partial charge in [0.2, 0.25) is 11.0 Å². The molecule has 2 aliphatic rings. The van der Waals surface area contributed by atoms with E-state index < -0.39 is 0 Å². The number of aliphatic imine (C=N–C) groups is 1. The second-order valence-electron chi connectivity index (χ2n) is 5.27. The second kappa shape index (κ2) is 6.67. The Balaban J connectivity index is 1.53. The molecule has 1 atom stereocenters. The quantitative estimate of drug-likeness (QED) is 0.928. The Kier molecular flexibility index (Phi) is 4.67. The lowest BCUT2D eigenvalue weighted by Gasteiger charge is -2.18. The Morgan fingerprint density at radius 2 is 2.15 bits per heavy atom. The maximum Gasteiger partial charge on any atom is 0.228 e. The van der Waals surface area contributed by atoms with E-state index >= 15 is 0 Å². The van der Waals surface area contributed by atoms with Crippen molar-refractivity contribution in [2.45, 2.75) is 50.5 Å². The van der Waals surface area contributed by atoms with Gasteiger partial charge in [0.25, 0.3) is 0 Å². The molecule has 1 unspecified atom stereocenters. The molecule has 0 saturated heterocycles. The number of hydrogen-bond donors (Lipinski definition) is 1. The number of hydrogen-bond acceptors (Lipinski definition) is 6. The SMILES string of the molecule is O=C(CC1CSC=N1)Nc1nnc(C2CCCCC2)s1. The molecule has 1 fully saturated rings. The van der Waals surface area contributed by atoms with Crippen molar-refractivity contribution in [3.63, 3.8) is 0 Å². The zero-order chi connectivity index (χ0) is 13.8. The minimum absolute atomic E-state index is 0.0130. The summed E-state index contributed by atoms with van der Waals surface area (Å²) in [6, 6.07) is 0.116. The molecule has 20 heavy (non-hydrogen) atoms. The summed E-state index contributed by atoms with van der Waals surface area (Å²) in [7, 11) is 0. The van der Waals surface area contributed by atoms with Crippen LogP contribution in [0.5, 0.6) is 0 Å². The largest absolute Gasteiger partial charge is 0.300 e. The molecule has 0 bridgehead atoms. The molecule has 1 aliphatic heterocycles. The van der Waals surface area contributed by atoms with E-state index in [2.05, 4.69) is 20.5 Å². The summed E-state index contributed by atoms with van der Waals surface area (Å²) < 4.78 is 0. The second-order valence-corrected chi connectivity index (χ2v) is 7.16. The van der Waals surface area contributed by atoms with E-state index in [9.17, 15) is 4.79 Å². The highest BCUT2D eigenvalue weighted by Gasteiger charge is 2.21. The van der Waals surface area contributed by atoms with Gasteiger partial charge in [-0.05, 0) is 12.8 Å². The van der Waals surface area contributed by atoms with Crippen LogP contribution in [0, 0.1) is 0 Å². The van der Waals surface area contributed by atoms with E-state index in [0.717, 1.165) is 10.8 Å². The molecule has 1 N–H and O–H groups in total. The van der Waals surface area contributed by atoms with Gasteiger partial charge < -0.3 is 5.32 Å². The Bertz CT molecular complexity index is 496. The molecule has 108 valence electrons. The van der Waals surface area contributed by atoms with Crippen molar-refractivity contribution < 1.29 is 4.79 Å². The highest BCUT2D eigenvalue weighted by atomic mass is 32.2. The Morgan fingerprint density at radius 3 is 2.90 bits per heavy atom. The molecule has 0 aromatic carbocycles. The molecule has 1 saturated carbocycles. The van der Waals surface area contributed by atoms with Crippen LogP contribution in [-0.2, 0) is 4.79 Å². The van der Waals surface area contributed by atoms with Gasteiger partial charge in [0, 0.05) is 11.7 Å². The van der Waals surface area contributed by atoms with Crippen LogP contribution in [0.2, 0.25) is 0 Å². The summed E-state index contributed by atoms with van der Waals surface area (Å²) in [5, 5.41) is 12.9. The van der Waals surface area contributed by atoms with E-state index in [0.29, 0.717) is 17.5 Å². The highest BCUT2D eigenvalue weighted by molar-refractivity contribution is 8.12. The van der Waals surface area contributed by atoms with E-state index in [1.165, 1.54) is 43.4 Å². The zero-order valence-electron chi connectivity index (χ0n) is 11.2. The predicted molar refractivity (Wildman–Crippen MR) is 83.7 cm³/mol. The first-order valence-electron chi connectivity index (χ1n) is 7.08. The summed E-state index contributed by atoms with van der Waals surface area (Å²) in [5.41, 5.74) is 1.82. The minimum Gasteiger partial charge on any atom is -0.300 e. The number of carbonyl (C=O) groups is 1. The van der Waals surface area contributed by atoms with Crippen LogP contribution in [0.25, 0.3) is 0 Å². The Labute approximate surface area is 126 Å². The Morgan fingerprint density at radius 1 is 1.30 bits per heavy atom. The molecular formula is C13H18N4OS2. The van der Waals surface area contributed by atoms with Gasteiger partial charge in [0.05, 0.1) is 18.0 Å². The third-order valence-electron chi connectivity index (χ3n) is 3.70. The first kappa shape index (κ1) is 14.0. The van der Waals surface area contributed by atoms with Crippen molar-refractivity contribution >= 4 is 39.7 Å². The molecule has 7 heteroatoms. The van der Waals surface area contributed by atoms with Crippen molar-refractivity contribution in [3.05, 3.63) is 5.01 Å². The number of thioether (sulfide) groups is 1. The topological polar surface area (TPSA) is 67.2 Å². The fraction of sp³-hybridized carbons (Fsp3) is 0.692. The third kappa shape index (κ3) is 3.58. The van der Waals surface area contributed by atoms with Gasteiger partial charge in [-0.25, -0.2) is 0 Å².